The van der Waals surface area contributed by atoms with E-state index in [4.69, 9.17) is 4.74 Å². The Bertz CT molecular complexity index is 879. The molecular formula is C19H20N2O2S. The van der Waals surface area contributed by atoms with E-state index < -0.39 is 0 Å². The number of nitrogens with zero attached hydrogens (tertiary/aromatic N) is 2. The molecule has 0 saturated carbocycles. The summed E-state index contributed by atoms with van der Waals surface area (Å²) in [6.45, 7) is 6.43. The van der Waals surface area contributed by atoms with Gasteiger partial charge in [0, 0.05) is 23.2 Å². The fraction of sp³-hybridized carbons (Fsp3) is 0.263. The SMILES string of the molecule is Cc1ccn(Cc2nc(-c3ccc(OC(C)C)cc3)cs2)c(=O)c1. The Labute approximate surface area is 145 Å². The molecule has 2 heterocycles. The van der Waals surface area contributed by atoms with E-state index in [2.05, 4.69) is 4.98 Å². The van der Waals surface area contributed by atoms with Crippen LogP contribution < -0.4 is 10.3 Å². The number of ether oxygens (including phenoxy) is 1. The molecular weight excluding hydrogens is 320 g/mol. The minimum absolute atomic E-state index is 0.00179. The van der Waals surface area contributed by atoms with Crippen molar-refractivity contribution in [2.24, 2.45) is 0 Å². The Morgan fingerprint density at radius 2 is 1.96 bits per heavy atom. The Morgan fingerprint density at radius 3 is 2.62 bits per heavy atom. The normalized spacial score (nSPS) is 11.0. The number of hydrogen-bond donors (Lipinski definition) is 0. The maximum Gasteiger partial charge on any atom is 0.251 e. The van der Waals surface area contributed by atoms with E-state index in [1.54, 1.807) is 22.0 Å². The van der Waals surface area contributed by atoms with E-state index in [-0.39, 0.29) is 11.7 Å². The summed E-state index contributed by atoms with van der Waals surface area (Å²) in [5.74, 6) is 0.857. The van der Waals surface area contributed by atoms with Crippen LogP contribution in [0.1, 0.15) is 24.4 Å². The minimum atomic E-state index is 0.00179. The van der Waals surface area contributed by atoms with Gasteiger partial charge in [0.2, 0.25) is 0 Å². The smallest absolute Gasteiger partial charge is 0.251 e. The summed E-state index contributed by atoms with van der Waals surface area (Å²) >= 11 is 1.56. The van der Waals surface area contributed by atoms with Gasteiger partial charge >= 0.3 is 0 Å². The van der Waals surface area contributed by atoms with Gasteiger partial charge in [0.25, 0.3) is 5.56 Å². The summed E-state index contributed by atoms with van der Waals surface area (Å²) in [6.07, 6.45) is 1.98. The zero-order chi connectivity index (χ0) is 17.1. The first-order chi connectivity index (χ1) is 11.5. The molecule has 0 aliphatic carbocycles. The fourth-order valence-corrected chi connectivity index (χ4v) is 3.18. The molecule has 2 aromatic heterocycles. The van der Waals surface area contributed by atoms with E-state index in [0.29, 0.717) is 6.54 Å². The molecule has 3 aromatic rings. The summed E-state index contributed by atoms with van der Waals surface area (Å²) in [7, 11) is 0. The molecule has 3 rings (SSSR count). The molecule has 1 aromatic carbocycles. The van der Waals surface area contributed by atoms with Gasteiger partial charge in [0.1, 0.15) is 10.8 Å². The van der Waals surface area contributed by atoms with Gasteiger partial charge < -0.3 is 9.30 Å². The molecule has 4 nitrogen and oxygen atoms in total. The summed E-state index contributed by atoms with van der Waals surface area (Å²) in [5, 5.41) is 2.94. The largest absolute Gasteiger partial charge is 0.491 e. The van der Waals surface area contributed by atoms with Gasteiger partial charge in [-0.25, -0.2) is 4.98 Å². The van der Waals surface area contributed by atoms with E-state index in [1.165, 1.54) is 0 Å². The topological polar surface area (TPSA) is 44.1 Å². The van der Waals surface area contributed by atoms with Gasteiger partial charge in [0.15, 0.2) is 0 Å². The Kier molecular flexibility index (Phi) is 4.81. The molecule has 0 aliphatic heterocycles. The average molecular weight is 340 g/mol. The van der Waals surface area contributed by atoms with Crippen LogP contribution in [0.5, 0.6) is 5.75 Å². The average Bonchev–Trinajstić information content (AvgIpc) is 2.99. The molecule has 0 amide bonds. The van der Waals surface area contributed by atoms with Crippen molar-refractivity contribution in [2.45, 2.75) is 33.4 Å². The number of pyridine rings is 1. The van der Waals surface area contributed by atoms with Gasteiger partial charge in [-0.15, -0.1) is 11.3 Å². The summed E-state index contributed by atoms with van der Waals surface area (Å²) in [6, 6.07) is 11.5. The third-order valence-electron chi connectivity index (χ3n) is 3.53. The Morgan fingerprint density at radius 1 is 1.21 bits per heavy atom. The highest BCUT2D eigenvalue weighted by atomic mass is 32.1. The van der Waals surface area contributed by atoms with Crippen molar-refractivity contribution >= 4 is 11.3 Å². The van der Waals surface area contributed by atoms with E-state index >= 15 is 0 Å². The molecule has 0 bridgehead atoms. The number of rotatable bonds is 5. The van der Waals surface area contributed by atoms with Crippen LogP contribution in [0.25, 0.3) is 11.3 Å². The maximum atomic E-state index is 12.0. The second kappa shape index (κ2) is 7.01. The van der Waals surface area contributed by atoms with E-state index in [1.807, 2.05) is 62.7 Å². The molecule has 0 atom stereocenters. The molecule has 0 N–H and O–H groups in total. The van der Waals surface area contributed by atoms with Crippen LogP contribution in [0.3, 0.4) is 0 Å². The third-order valence-corrected chi connectivity index (χ3v) is 4.36. The van der Waals surface area contributed by atoms with Crippen LogP contribution in [-0.4, -0.2) is 15.7 Å². The van der Waals surface area contributed by atoms with Crippen LogP contribution in [0.15, 0.2) is 52.8 Å². The van der Waals surface area contributed by atoms with Crippen molar-refractivity contribution in [2.75, 3.05) is 0 Å². The van der Waals surface area contributed by atoms with Crippen molar-refractivity contribution in [1.29, 1.82) is 0 Å². The lowest BCUT2D eigenvalue weighted by molar-refractivity contribution is 0.242. The summed E-state index contributed by atoms with van der Waals surface area (Å²) in [5.41, 5.74) is 2.94. The number of thiazole rings is 1. The van der Waals surface area contributed by atoms with Crippen molar-refractivity contribution < 1.29 is 4.74 Å². The number of aryl methyl sites for hydroxylation is 1. The van der Waals surface area contributed by atoms with E-state index in [9.17, 15) is 4.79 Å². The van der Waals surface area contributed by atoms with Crippen LogP contribution >= 0.6 is 11.3 Å². The molecule has 5 heteroatoms. The molecule has 0 spiro atoms. The number of benzene rings is 1. The molecule has 0 unspecified atom stereocenters. The highest BCUT2D eigenvalue weighted by Gasteiger charge is 2.07. The van der Waals surface area contributed by atoms with Crippen LogP contribution in [0, 0.1) is 6.92 Å². The molecule has 24 heavy (non-hydrogen) atoms. The fourth-order valence-electron chi connectivity index (χ4n) is 2.38. The Balaban J connectivity index is 1.76. The zero-order valence-corrected chi connectivity index (χ0v) is 14.8. The van der Waals surface area contributed by atoms with Gasteiger partial charge in [-0.2, -0.15) is 0 Å². The first-order valence-corrected chi connectivity index (χ1v) is 8.78. The number of hydrogen-bond acceptors (Lipinski definition) is 4. The van der Waals surface area contributed by atoms with Crippen molar-refractivity contribution in [3.63, 3.8) is 0 Å². The first-order valence-electron chi connectivity index (χ1n) is 7.90. The predicted molar refractivity (Wildman–Crippen MR) is 97.9 cm³/mol. The monoisotopic (exact) mass is 340 g/mol. The molecule has 0 saturated heterocycles. The van der Waals surface area contributed by atoms with Crippen molar-refractivity contribution in [1.82, 2.24) is 9.55 Å². The van der Waals surface area contributed by atoms with Crippen LogP contribution in [-0.2, 0) is 6.54 Å². The quantitative estimate of drug-likeness (QED) is 0.702. The molecule has 124 valence electrons. The Hall–Kier alpha value is -2.40. The summed E-state index contributed by atoms with van der Waals surface area (Å²) < 4.78 is 7.33. The highest BCUT2D eigenvalue weighted by molar-refractivity contribution is 7.09. The molecule has 0 radical (unpaired) electrons. The first kappa shape index (κ1) is 16.5. The highest BCUT2D eigenvalue weighted by Crippen LogP contribution is 2.24. The van der Waals surface area contributed by atoms with Gasteiger partial charge in [-0.05, 0) is 56.7 Å². The molecule has 0 fully saturated rings. The second-order valence-electron chi connectivity index (χ2n) is 5.99. The molecule has 0 aliphatic rings. The van der Waals surface area contributed by atoms with Crippen molar-refractivity contribution in [3.8, 4) is 17.0 Å². The standard InChI is InChI=1S/C19H20N2O2S/c1-13(2)23-16-6-4-15(5-7-16)17-12-24-18(20-17)11-21-9-8-14(3)10-19(21)22/h4-10,12-13H,11H2,1-3H3. The lowest BCUT2D eigenvalue weighted by atomic mass is 10.2. The predicted octanol–water partition coefficient (Wildman–Crippen LogP) is 4.12. The lowest BCUT2D eigenvalue weighted by Gasteiger charge is -2.09. The zero-order valence-electron chi connectivity index (χ0n) is 14.0. The third kappa shape index (κ3) is 3.92. The van der Waals surface area contributed by atoms with Crippen LogP contribution in [0.2, 0.25) is 0 Å². The van der Waals surface area contributed by atoms with Gasteiger partial charge in [-0.3, -0.25) is 4.79 Å². The minimum Gasteiger partial charge on any atom is -0.491 e. The lowest BCUT2D eigenvalue weighted by Crippen LogP contribution is -2.19. The van der Waals surface area contributed by atoms with Gasteiger partial charge in [-0.1, -0.05) is 0 Å². The van der Waals surface area contributed by atoms with E-state index in [0.717, 1.165) is 27.6 Å². The van der Waals surface area contributed by atoms with Gasteiger partial charge in [0.05, 0.1) is 18.3 Å². The summed E-state index contributed by atoms with van der Waals surface area (Å²) in [4.78, 5) is 16.6. The van der Waals surface area contributed by atoms with Crippen molar-refractivity contribution in [3.05, 3.63) is 68.9 Å². The van der Waals surface area contributed by atoms with Crippen LogP contribution in [0.4, 0.5) is 0 Å². The number of aromatic nitrogens is 2. The second-order valence-corrected chi connectivity index (χ2v) is 6.93. The maximum absolute atomic E-state index is 12.0.